The van der Waals surface area contributed by atoms with Gasteiger partial charge in [0.15, 0.2) is 0 Å². The summed E-state index contributed by atoms with van der Waals surface area (Å²) in [6, 6.07) is 0.0711. The monoisotopic (exact) mass is 355 g/mol. The van der Waals surface area contributed by atoms with Gasteiger partial charge in [0.05, 0.1) is 13.1 Å². The van der Waals surface area contributed by atoms with Gasteiger partial charge in [-0.1, -0.05) is 0 Å². The van der Waals surface area contributed by atoms with E-state index in [1.54, 1.807) is 4.90 Å². The minimum atomic E-state index is -2.69. The summed E-state index contributed by atoms with van der Waals surface area (Å²) in [6.07, 6.45) is 4.85. The van der Waals surface area contributed by atoms with E-state index in [2.05, 4.69) is 5.32 Å². The summed E-state index contributed by atoms with van der Waals surface area (Å²) in [5, 5.41) is 3.12. The van der Waals surface area contributed by atoms with Crippen LogP contribution >= 0.6 is 0 Å². The Bertz CT molecular complexity index is 567. The van der Waals surface area contributed by atoms with Crippen LogP contribution in [0.2, 0.25) is 0 Å². The Balaban J connectivity index is 1.37. The van der Waals surface area contributed by atoms with Crippen LogP contribution in [0.4, 0.5) is 8.78 Å². The fourth-order valence-corrected chi connectivity index (χ4v) is 6.18. The van der Waals surface area contributed by atoms with E-state index in [-0.39, 0.29) is 42.8 Å². The van der Waals surface area contributed by atoms with E-state index in [4.69, 9.17) is 5.73 Å². The number of carbonyl (C=O) groups excluding carboxylic acids is 2. The van der Waals surface area contributed by atoms with Crippen molar-refractivity contribution in [3.05, 3.63) is 0 Å². The number of likely N-dealkylation sites (tertiary alicyclic amines) is 1. The molecule has 2 amide bonds. The predicted molar refractivity (Wildman–Crippen MR) is 87.7 cm³/mol. The molecule has 3 N–H and O–H groups in total. The molecular weight excluding hydrogens is 328 g/mol. The zero-order valence-electron chi connectivity index (χ0n) is 14.5. The number of hydrogen-bond acceptors (Lipinski definition) is 3. The summed E-state index contributed by atoms with van der Waals surface area (Å²) in [4.78, 5) is 26.0. The third-order valence-electron chi connectivity index (χ3n) is 6.96. The summed E-state index contributed by atoms with van der Waals surface area (Å²) in [5.74, 6) is -1.90. The van der Waals surface area contributed by atoms with Crippen LogP contribution in [-0.4, -0.2) is 48.3 Å². The first-order valence-electron chi connectivity index (χ1n) is 9.46. The highest BCUT2D eigenvalue weighted by molar-refractivity contribution is 5.82. The summed E-state index contributed by atoms with van der Waals surface area (Å²) in [5.41, 5.74) is 5.32. The quantitative estimate of drug-likeness (QED) is 0.803. The molecule has 0 aromatic heterocycles. The molecule has 1 saturated heterocycles. The average Bonchev–Trinajstić information content (AvgIpc) is 2.49. The van der Waals surface area contributed by atoms with Crippen molar-refractivity contribution in [2.24, 2.45) is 28.9 Å². The van der Waals surface area contributed by atoms with Gasteiger partial charge in [0.2, 0.25) is 11.8 Å². The molecule has 1 heterocycles. The molecule has 5 nitrogen and oxygen atoms in total. The second kappa shape index (κ2) is 5.89. The lowest BCUT2D eigenvalue weighted by Gasteiger charge is -2.58. The first kappa shape index (κ1) is 17.2. The molecule has 5 aliphatic rings. The number of halogens is 2. The molecule has 4 saturated carbocycles. The van der Waals surface area contributed by atoms with Gasteiger partial charge in [-0.15, -0.1) is 0 Å². The van der Waals surface area contributed by atoms with Gasteiger partial charge < -0.3 is 11.1 Å². The van der Waals surface area contributed by atoms with Crippen LogP contribution in [0.1, 0.15) is 44.9 Å². The van der Waals surface area contributed by atoms with Crippen LogP contribution in [-0.2, 0) is 9.59 Å². The molecule has 7 heteroatoms. The van der Waals surface area contributed by atoms with Crippen molar-refractivity contribution < 1.29 is 18.4 Å². The van der Waals surface area contributed by atoms with Gasteiger partial charge in [0, 0.05) is 17.9 Å². The molecule has 0 radical (unpaired) electrons. The summed E-state index contributed by atoms with van der Waals surface area (Å²) >= 11 is 0. The standard InChI is InChI=1S/C18H27F2N3O2/c19-18(20)2-1-3-23(10-18)9-14(24)22-15-12-4-11-5-13(15)8-17(6-11,7-12)16(21)25/h11-13,15H,1-10H2,(H2,21,25)(H,22,24)/t11?,12-,13+,15?,17?. The van der Waals surface area contributed by atoms with E-state index in [0.717, 1.165) is 32.1 Å². The molecule has 4 bridgehead atoms. The SMILES string of the molecule is NC(=O)C12CC3C[C@H](C1)C(NC(=O)CN1CCCC(F)(F)C1)[C@@H](C3)C2. The third kappa shape index (κ3) is 3.15. The van der Waals surface area contributed by atoms with Crippen LogP contribution in [0.15, 0.2) is 0 Å². The highest BCUT2D eigenvalue weighted by Crippen LogP contribution is 2.59. The molecular formula is C18H27F2N3O2. The van der Waals surface area contributed by atoms with Crippen molar-refractivity contribution in [1.82, 2.24) is 10.2 Å². The maximum atomic E-state index is 13.5. The van der Waals surface area contributed by atoms with Gasteiger partial charge >= 0.3 is 0 Å². The van der Waals surface area contributed by atoms with E-state index in [1.165, 1.54) is 0 Å². The van der Waals surface area contributed by atoms with Crippen LogP contribution in [0.5, 0.6) is 0 Å². The lowest BCUT2D eigenvalue weighted by atomic mass is 9.47. The first-order valence-corrected chi connectivity index (χ1v) is 9.46. The second-order valence-corrected chi connectivity index (χ2v) is 8.88. The number of nitrogens with zero attached hydrogens (tertiary/aromatic N) is 1. The third-order valence-corrected chi connectivity index (χ3v) is 6.96. The number of nitrogens with one attached hydrogen (secondary N) is 1. The van der Waals surface area contributed by atoms with E-state index < -0.39 is 5.92 Å². The van der Waals surface area contributed by atoms with Crippen LogP contribution in [0.25, 0.3) is 0 Å². The normalized spacial score (nSPS) is 42.3. The van der Waals surface area contributed by atoms with Crippen molar-refractivity contribution in [2.75, 3.05) is 19.6 Å². The molecule has 0 spiro atoms. The lowest BCUT2D eigenvalue weighted by Crippen LogP contribution is -2.62. The maximum Gasteiger partial charge on any atom is 0.260 e. The van der Waals surface area contributed by atoms with Gasteiger partial charge in [-0.05, 0) is 62.8 Å². The molecule has 140 valence electrons. The van der Waals surface area contributed by atoms with Crippen molar-refractivity contribution >= 4 is 11.8 Å². The molecule has 4 aliphatic carbocycles. The number of primary amides is 1. The van der Waals surface area contributed by atoms with E-state index >= 15 is 0 Å². The predicted octanol–water partition coefficient (Wildman–Crippen LogP) is 1.51. The Morgan fingerprint density at radius 2 is 1.84 bits per heavy atom. The molecule has 5 fully saturated rings. The van der Waals surface area contributed by atoms with Crippen LogP contribution in [0, 0.1) is 23.2 Å². The zero-order chi connectivity index (χ0) is 17.8. The Morgan fingerprint density at radius 3 is 2.44 bits per heavy atom. The smallest absolute Gasteiger partial charge is 0.260 e. The molecule has 0 aromatic carbocycles. The summed E-state index contributed by atoms with van der Waals surface area (Å²) < 4.78 is 27.0. The Morgan fingerprint density at radius 1 is 1.16 bits per heavy atom. The number of rotatable bonds is 4. The maximum absolute atomic E-state index is 13.5. The molecule has 25 heavy (non-hydrogen) atoms. The fraction of sp³-hybridized carbons (Fsp3) is 0.889. The summed E-state index contributed by atoms with van der Waals surface area (Å²) in [7, 11) is 0. The Kier molecular flexibility index (Phi) is 4.05. The number of hydrogen-bond donors (Lipinski definition) is 2. The molecule has 3 unspecified atom stereocenters. The van der Waals surface area contributed by atoms with Gasteiger partial charge in [-0.3, -0.25) is 14.5 Å². The Labute approximate surface area is 146 Å². The van der Waals surface area contributed by atoms with Gasteiger partial charge in [-0.25, -0.2) is 8.78 Å². The highest BCUT2D eigenvalue weighted by Gasteiger charge is 2.58. The first-order chi connectivity index (χ1) is 11.8. The minimum Gasteiger partial charge on any atom is -0.369 e. The van der Waals surface area contributed by atoms with Gasteiger partial charge in [0.25, 0.3) is 5.92 Å². The van der Waals surface area contributed by atoms with Crippen molar-refractivity contribution in [3.8, 4) is 0 Å². The van der Waals surface area contributed by atoms with Crippen LogP contribution < -0.4 is 11.1 Å². The van der Waals surface area contributed by atoms with Crippen molar-refractivity contribution in [1.29, 1.82) is 0 Å². The fourth-order valence-electron chi connectivity index (χ4n) is 6.18. The zero-order valence-corrected chi connectivity index (χ0v) is 14.5. The highest BCUT2D eigenvalue weighted by atomic mass is 19.3. The van der Waals surface area contributed by atoms with Crippen molar-refractivity contribution in [2.45, 2.75) is 56.9 Å². The van der Waals surface area contributed by atoms with Gasteiger partial charge in [-0.2, -0.15) is 0 Å². The summed E-state index contributed by atoms with van der Waals surface area (Å²) in [6.45, 7) is 0.258. The average molecular weight is 355 g/mol. The number of alkyl halides is 2. The van der Waals surface area contributed by atoms with E-state index in [9.17, 15) is 18.4 Å². The number of carbonyl (C=O) groups is 2. The van der Waals surface area contributed by atoms with E-state index in [1.807, 2.05) is 0 Å². The number of amides is 2. The number of nitrogens with two attached hydrogens (primary N) is 1. The molecule has 5 atom stereocenters. The second-order valence-electron chi connectivity index (χ2n) is 8.88. The Hall–Kier alpha value is -1.24. The molecule has 0 aromatic rings. The van der Waals surface area contributed by atoms with Crippen molar-refractivity contribution in [3.63, 3.8) is 0 Å². The largest absolute Gasteiger partial charge is 0.369 e. The molecule has 5 rings (SSSR count). The lowest BCUT2D eigenvalue weighted by molar-refractivity contribution is -0.147. The number of piperidine rings is 1. The topological polar surface area (TPSA) is 75.4 Å². The minimum absolute atomic E-state index is 0.0376. The molecule has 1 aliphatic heterocycles. The van der Waals surface area contributed by atoms with Gasteiger partial charge in [0.1, 0.15) is 0 Å². The van der Waals surface area contributed by atoms with Crippen LogP contribution in [0.3, 0.4) is 0 Å². The van der Waals surface area contributed by atoms with E-state index in [0.29, 0.717) is 30.7 Å².